The van der Waals surface area contributed by atoms with Gasteiger partial charge in [-0.1, -0.05) is 84.2 Å². The summed E-state index contributed by atoms with van der Waals surface area (Å²) in [6, 6.07) is 9.48. The van der Waals surface area contributed by atoms with Crippen LogP contribution < -0.4 is 0 Å². The van der Waals surface area contributed by atoms with Crippen LogP contribution in [0.1, 0.15) is 109 Å². The van der Waals surface area contributed by atoms with E-state index in [1.807, 2.05) is 30.3 Å². The van der Waals surface area contributed by atoms with Gasteiger partial charge in [-0.05, 0) is 109 Å². The van der Waals surface area contributed by atoms with Gasteiger partial charge in [0.1, 0.15) is 6.10 Å². The van der Waals surface area contributed by atoms with Crippen molar-refractivity contribution in [2.75, 3.05) is 0 Å². The van der Waals surface area contributed by atoms with Gasteiger partial charge in [-0.3, -0.25) is 0 Å². The predicted octanol–water partition coefficient (Wildman–Crippen LogP) is 9.17. The number of carbonyl (C=O) groups excluding carboxylic acids is 1. The first-order valence-corrected chi connectivity index (χ1v) is 14.9. The highest BCUT2D eigenvalue weighted by atomic mass is 16.5. The quantitative estimate of drug-likeness (QED) is 0.358. The van der Waals surface area contributed by atoms with Gasteiger partial charge in [0, 0.05) is 0 Å². The highest BCUT2D eigenvalue weighted by Crippen LogP contribution is 2.65. The Labute approximate surface area is 220 Å². The van der Waals surface area contributed by atoms with Gasteiger partial charge in [0.15, 0.2) is 0 Å². The molecular formula is C34H48O2. The number of ether oxygens (including phenoxy) is 1. The molecule has 2 saturated carbocycles. The van der Waals surface area contributed by atoms with Crippen LogP contribution in [0.25, 0.3) is 0 Å². The van der Waals surface area contributed by atoms with E-state index in [1.165, 1.54) is 44.9 Å². The van der Waals surface area contributed by atoms with Gasteiger partial charge >= 0.3 is 5.97 Å². The Kier molecular flexibility index (Phi) is 7.27. The summed E-state index contributed by atoms with van der Waals surface area (Å²) in [7, 11) is 0. The zero-order valence-electron chi connectivity index (χ0n) is 23.4. The standard InChI is InChI=1S/C34H48O2/c1-23(2)10-9-11-24(3)29-16-17-30-28-15-14-26-22-27(36-32(35)25-12-7-6-8-13-25)18-20-33(26,4)31(28)19-21-34(29,30)5/h6-8,12-13,15,17,23-24,26-27,29,31H,9-11,14,16,18-22H2,1-5H3/t24-,26-,27+,29-,31+,33+,34-/m1/s1. The van der Waals surface area contributed by atoms with Crippen LogP contribution >= 0.6 is 0 Å². The molecule has 196 valence electrons. The summed E-state index contributed by atoms with van der Waals surface area (Å²) in [5.41, 5.74) is 4.80. The number of allylic oxidation sites excluding steroid dienone is 4. The van der Waals surface area contributed by atoms with E-state index in [2.05, 4.69) is 46.8 Å². The summed E-state index contributed by atoms with van der Waals surface area (Å²) in [6.07, 6.45) is 17.7. The number of esters is 1. The lowest BCUT2D eigenvalue weighted by molar-refractivity contribution is -0.0409. The number of rotatable bonds is 7. The highest BCUT2D eigenvalue weighted by Gasteiger charge is 2.55. The van der Waals surface area contributed by atoms with Crippen molar-refractivity contribution in [3.05, 3.63) is 59.2 Å². The molecule has 0 radical (unpaired) electrons. The van der Waals surface area contributed by atoms with Gasteiger partial charge in [-0.2, -0.15) is 0 Å². The molecule has 0 N–H and O–H groups in total. The average Bonchev–Trinajstić information content (AvgIpc) is 3.22. The molecule has 1 aromatic carbocycles. The van der Waals surface area contributed by atoms with E-state index in [0.29, 0.717) is 28.2 Å². The van der Waals surface area contributed by atoms with Crippen molar-refractivity contribution in [1.82, 2.24) is 0 Å². The third kappa shape index (κ3) is 4.63. The predicted molar refractivity (Wildman–Crippen MR) is 149 cm³/mol. The molecular weight excluding hydrogens is 440 g/mol. The SMILES string of the molecule is CC(C)CCC[C@@H](C)[C@H]1CC=C2C3=CC[C@@H]4C[C@@H](OC(=O)c5ccccc5)CC[C@]4(C)[C@H]3CC[C@@]21C. The average molecular weight is 489 g/mol. The van der Waals surface area contributed by atoms with Crippen LogP contribution in [0.3, 0.4) is 0 Å². The second-order valence-electron chi connectivity index (χ2n) is 13.5. The summed E-state index contributed by atoms with van der Waals surface area (Å²) in [6.45, 7) is 12.4. The van der Waals surface area contributed by atoms with Gasteiger partial charge in [0.25, 0.3) is 0 Å². The topological polar surface area (TPSA) is 26.3 Å². The maximum atomic E-state index is 12.7. The molecule has 2 heteroatoms. The molecule has 36 heavy (non-hydrogen) atoms. The van der Waals surface area contributed by atoms with E-state index < -0.39 is 0 Å². The zero-order valence-corrected chi connectivity index (χ0v) is 23.4. The van der Waals surface area contributed by atoms with Crippen molar-refractivity contribution in [2.24, 2.45) is 40.4 Å². The molecule has 0 spiro atoms. The molecule has 0 aromatic heterocycles. The number of benzene rings is 1. The molecule has 0 unspecified atom stereocenters. The van der Waals surface area contributed by atoms with E-state index in [-0.39, 0.29) is 12.1 Å². The Hall–Kier alpha value is -1.83. The lowest BCUT2D eigenvalue weighted by Gasteiger charge is -2.56. The number of fused-ring (bicyclic) bond motifs is 5. The van der Waals surface area contributed by atoms with Crippen LogP contribution in [0, 0.1) is 40.4 Å². The fourth-order valence-corrected chi connectivity index (χ4v) is 8.71. The Morgan fingerprint density at radius 3 is 2.53 bits per heavy atom. The summed E-state index contributed by atoms with van der Waals surface area (Å²) in [4.78, 5) is 12.7. The minimum atomic E-state index is -0.158. The molecule has 0 amide bonds. The van der Waals surface area contributed by atoms with Crippen molar-refractivity contribution >= 4 is 5.97 Å². The monoisotopic (exact) mass is 488 g/mol. The van der Waals surface area contributed by atoms with Crippen LogP contribution in [0.4, 0.5) is 0 Å². The Morgan fingerprint density at radius 2 is 1.78 bits per heavy atom. The Balaban J connectivity index is 1.26. The van der Waals surface area contributed by atoms with Gasteiger partial charge in [-0.15, -0.1) is 0 Å². The van der Waals surface area contributed by atoms with E-state index >= 15 is 0 Å². The van der Waals surface area contributed by atoms with Gasteiger partial charge in [-0.25, -0.2) is 4.79 Å². The largest absolute Gasteiger partial charge is 0.459 e. The molecule has 4 aliphatic carbocycles. The maximum absolute atomic E-state index is 12.7. The van der Waals surface area contributed by atoms with Gasteiger partial charge in [0.05, 0.1) is 5.56 Å². The molecule has 0 bridgehead atoms. The minimum absolute atomic E-state index is 0.0568. The smallest absolute Gasteiger partial charge is 0.338 e. The first-order chi connectivity index (χ1) is 17.2. The molecule has 0 heterocycles. The van der Waals surface area contributed by atoms with Crippen molar-refractivity contribution < 1.29 is 9.53 Å². The van der Waals surface area contributed by atoms with E-state index in [4.69, 9.17) is 4.74 Å². The molecule has 2 nitrogen and oxygen atoms in total. The van der Waals surface area contributed by atoms with E-state index in [1.54, 1.807) is 11.1 Å². The highest BCUT2D eigenvalue weighted by molar-refractivity contribution is 5.89. The third-order valence-corrected chi connectivity index (χ3v) is 11.0. The van der Waals surface area contributed by atoms with E-state index in [0.717, 1.165) is 37.0 Å². The molecule has 0 aliphatic heterocycles. The Bertz CT molecular complexity index is 1000. The Morgan fingerprint density at radius 1 is 1.00 bits per heavy atom. The summed E-state index contributed by atoms with van der Waals surface area (Å²) < 4.78 is 6.01. The maximum Gasteiger partial charge on any atom is 0.338 e. The van der Waals surface area contributed by atoms with Crippen LogP contribution in [-0.4, -0.2) is 12.1 Å². The fourth-order valence-electron chi connectivity index (χ4n) is 8.71. The normalized spacial score (nSPS) is 36.3. The molecule has 5 rings (SSSR count). The first-order valence-electron chi connectivity index (χ1n) is 14.9. The van der Waals surface area contributed by atoms with Crippen molar-refractivity contribution in [3.63, 3.8) is 0 Å². The fraction of sp³-hybridized carbons (Fsp3) is 0.676. The second kappa shape index (κ2) is 10.1. The van der Waals surface area contributed by atoms with Crippen LogP contribution in [0.5, 0.6) is 0 Å². The van der Waals surface area contributed by atoms with Crippen LogP contribution in [0.2, 0.25) is 0 Å². The molecule has 2 fully saturated rings. The lowest BCUT2D eigenvalue weighted by Crippen LogP contribution is -2.48. The summed E-state index contributed by atoms with van der Waals surface area (Å²) >= 11 is 0. The van der Waals surface area contributed by atoms with Gasteiger partial charge < -0.3 is 4.74 Å². The molecule has 4 aliphatic rings. The lowest BCUT2D eigenvalue weighted by atomic mass is 9.48. The second-order valence-corrected chi connectivity index (χ2v) is 13.5. The number of hydrogen-bond acceptors (Lipinski definition) is 2. The number of carbonyl (C=O) groups is 1. The molecule has 0 saturated heterocycles. The molecule has 1 aromatic rings. The van der Waals surface area contributed by atoms with Crippen LogP contribution in [0.15, 0.2) is 53.6 Å². The van der Waals surface area contributed by atoms with Crippen molar-refractivity contribution in [1.29, 1.82) is 0 Å². The van der Waals surface area contributed by atoms with Crippen molar-refractivity contribution in [3.8, 4) is 0 Å². The van der Waals surface area contributed by atoms with E-state index in [9.17, 15) is 4.79 Å². The summed E-state index contributed by atoms with van der Waals surface area (Å²) in [5.74, 6) is 3.57. The molecule has 7 atom stereocenters. The van der Waals surface area contributed by atoms with Crippen molar-refractivity contribution in [2.45, 2.75) is 105 Å². The van der Waals surface area contributed by atoms with Crippen LogP contribution in [-0.2, 0) is 4.74 Å². The minimum Gasteiger partial charge on any atom is -0.459 e. The zero-order chi connectivity index (χ0) is 25.5. The number of hydrogen-bond donors (Lipinski definition) is 0. The summed E-state index contributed by atoms with van der Waals surface area (Å²) in [5, 5.41) is 0. The van der Waals surface area contributed by atoms with Gasteiger partial charge in [0.2, 0.25) is 0 Å². The first kappa shape index (κ1) is 25.8. The third-order valence-electron chi connectivity index (χ3n) is 11.0.